The summed E-state index contributed by atoms with van der Waals surface area (Å²) in [5.74, 6) is 0.818. The molecule has 0 fully saturated rings. The fraction of sp³-hybridized carbons (Fsp3) is 0.760. The number of ether oxygens (including phenoxy) is 4. The first-order chi connectivity index (χ1) is 15.2. The summed E-state index contributed by atoms with van der Waals surface area (Å²) >= 11 is 0. The smallest absolute Gasteiger partial charge is 0.119 e. The molecule has 1 unspecified atom stereocenters. The van der Waals surface area contributed by atoms with Gasteiger partial charge < -0.3 is 29.2 Å². The summed E-state index contributed by atoms with van der Waals surface area (Å²) in [7, 11) is 0. The number of hydrogen-bond acceptors (Lipinski definition) is 6. The van der Waals surface area contributed by atoms with Crippen molar-refractivity contribution < 1.29 is 29.2 Å². The highest BCUT2D eigenvalue weighted by Crippen LogP contribution is 2.22. The molecule has 0 heterocycles. The highest BCUT2D eigenvalue weighted by Gasteiger charge is 2.27. The van der Waals surface area contributed by atoms with Crippen LogP contribution in [0, 0.1) is 0 Å². The third-order valence-electron chi connectivity index (χ3n) is 5.18. The van der Waals surface area contributed by atoms with E-state index in [4.69, 9.17) is 24.1 Å². The fourth-order valence-corrected chi connectivity index (χ4v) is 3.32. The fourth-order valence-electron chi connectivity index (χ4n) is 3.32. The molecule has 0 spiro atoms. The Kier molecular flexibility index (Phi) is 17.5. The minimum atomic E-state index is -0.886. The summed E-state index contributed by atoms with van der Waals surface area (Å²) in [6.45, 7) is 5.13. The number of aliphatic hydroxyl groups excluding tert-OH is 1. The van der Waals surface area contributed by atoms with E-state index in [9.17, 15) is 5.11 Å². The van der Waals surface area contributed by atoms with Crippen molar-refractivity contribution in [2.45, 2.75) is 70.3 Å². The van der Waals surface area contributed by atoms with Crippen molar-refractivity contribution >= 4 is 0 Å². The zero-order chi connectivity index (χ0) is 22.5. The Bertz CT molecular complexity index is 498. The third kappa shape index (κ3) is 16.2. The van der Waals surface area contributed by atoms with E-state index in [-0.39, 0.29) is 13.2 Å². The van der Waals surface area contributed by atoms with E-state index in [0.29, 0.717) is 46.1 Å². The molecule has 1 aromatic rings. The average molecular weight is 441 g/mol. The number of hydrogen-bond donors (Lipinski definition) is 2. The second-order valence-corrected chi connectivity index (χ2v) is 8.01. The number of rotatable bonds is 22. The number of para-hydroxylation sites is 1. The van der Waals surface area contributed by atoms with Crippen LogP contribution < -0.4 is 4.74 Å². The molecule has 0 aliphatic carbocycles. The number of aliphatic hydroxyl groups is 2. The van der Waals surface area contributed by atoms with Gasteiger partial charge in [0.15, 0.2) is 0 Å². The molecular formula is C25H44O6. The summed E-state index contributed by atoms with van der Waals surface area (Å²) in [5.41, 5.74) is -0.886. The van der Waals surface area contributed by atoms with Crippen LogP contribution in [0.3, 0.4) is 0 Å². The number of unbranched alkanes of at least 4 members (excludes halogenated alkanes) is 6. The quantitative estimate of drug-likeness (QED) is 0.261. The van der Waals surface area contributed by atoms with Gasteiger partial charge in [0.25, 0.3) is 0 Å². The van der Waals surface area contributed by atoms with Crippen molar-refractivity contribution in [3.8, 4) is 5.75 Å². The predicted molar refractivity (Wildman–Crippen MR) is 124 cm³/mol. The van der Waals surface area contributed by atoms with Gasteiger partial charge in [-0.3, -0.25) is 0 Å². The van der Waals surface area contributed by atoms with E-state index < -0.39 is 5.60 Å². The van der Waals surface area contributed by atoms with Crippen LogP contribution in [0.25, 0.3) is 0 Å². The van der Waals surface area contributed by atoms with Crippen LogP contribution in [-0.2, 0) is 14.2 Å². The van der Waals surface area contributed by atoms with Crippen LogP contribution in [0.5, 0.6) is 5.75 Å². The second-order valence-electron chi connectivity index (χ2n) is 8.01. The van der Waals surface area contributed by atoms with Gasteiger partial charge in [-0.25, -0.2) is 0 Å². The van der Waals surface area contributed by atoms with Gasteiger partial charge in [-0.05, 0) is 18.6 Å². The van der Waals surface area contributed by atoms with Crippen LogP contribution in [0.2, 0.25) is 0 Å². The van der Waals surface area contributed by atoms with Gasteiger partial charge in [-0.15, -0.1) is 0 Å². The molecule has 6 nitrogen and oxygen atoms in total. The van der Waals surface area contributed by atoms with Crippen LogP contribution in [0.15, 0.2) is 30.3 Å². The van der Waals surface area contributed by atoms with Crippen LogP contribution in [0.4, 0.5) is 0 Å². The van der Waals surface area contributed by atoms with E-state index in [1.54, 1.807) is 0 Å². The summed E-state index contributed by atoms with van der Waals surface area (Å²) in [4.78, 5) is 0. The van der Waals surface area contributed by atoms with Gasteiger partial charge in [-0.1, -0.05) is 70.1 Å². The molecule has 0 aliphatic rings. The van der Waals surface area contributed by atoms with E-state index in [2.05, 4.69) is 6.92 Å². The monoisotopic (exact) mass is 440 g/mol. The molecule has 0 amide bonds. The molecule has 6 heteroatoms. The molecule has 0 bridgehead atoms. The van der Waals surface area contributed by atoms with Crippen LogP contribution >= 0.6 is 0 Å². The lowest BCUT2D eigenvalue weighted by Crippen LogP contribution is -2.37. The predicted octanol–water partition coefficient (Wildman–Crippen LogP) is 4.37. The van der Waals surface area contributed by atoms with Crippen molar-refractivity contribution in [3.63, 3.8) is 0 Å². The normalized spacial score (nSPS) is 13.3. The minimum absolute atomic E-state index is 0.0222. The lowest BCUT2D eigenvalue weighted by molar-refractivity contribution is -0.0754. The number of benzene rings is 1. The van der Waals surface area contributed by atoms with Crippen LogP contribution in [0.1, 0.15) is 64.7 Å². The van der Waals surface area contributed by atoms with Gasteiger partial charge in [0.05, 0.1) is 58.5 Å². The first-order valence-corrected chi connectivity index (χ1v) is 11.9. The van der Waals surface area contributed by atoms with Crippen molar-refractivity contribution in [1.29, 1.82) is 0 Å². The maximum absolute atomic E-state index is 11.1. The summed E-state index contributed by atoms with van der Waals surface area (Å²) in [5, 5.41) is 19.8. The largest absolute Gasteiger partial charge is 0.493 e. The summed E-state index contributed by atoms with van der Waals surface area (Å²) in [6, 6.07) is 9.69. The minimum Gasteiger partial charge on any atom is -0.493 e. The average Bonchev–Trinajstić information content (AvgIpc) is 2.78. The molecule has 1 aromatic carbocycles. The van der Waals surface area contributed by atoms with Crippen LogP contribution in [-0.4, -0.2) is 68.7 Å². The molecule has 0 radical (unpaired) electrons. The SMILES string of the molecule is CCCCCCCCCC(O)(CCOc1ccccc1)COCCOCCOCCO. The zero-order valence-corrected chi connectivity index (χ0v) is 19.4. The topological polar surface area (TPSA) is 77.4 Å². The van der Waals surface area contributed by atoms with Gasteiger partial charge in [0.1, 0.15) is 5.75 Å². The van der Waals surface area contributed by atoms with E-state index in [1.807, 2.05) is 30.3 Å². The van der Waals surface area contributed by atoms with Crippen molar-refractivity contribution in [1.82, 2.24) is 0 Å². The molecule has 0 aromatic heterocycles. The Hall–Kier alpha value is -1.18. The maximum atomic E-state index is 11.1. The first-order valence-electron chi connectivity index (χ1n) is 11.9. The van der Waals surface area contributed by atoms with Gasteiger partial charge in [-0.2, -0.15) is 0 Å². The van der Waals surface area contributed by atoms with Gasteiger partial charge in [0, 0.05) is 6.42 Å². The van der Waals surface area contributed by atoms with E-state index >= 15 is 0 Å². The Morgan fingerprint density at radius 2 is 1.32 bits per heavy atom. The molecule has 0 aliphatic heterocycles. The van der Waals surface area contributed by atoms with Crippen molar-refractivity contribution in [3.05, 3.63) is 30.3 Å². The summed E-state index contributed by atoms with van der Waals surface area (Å²) in [6.07, 6.45) is 9.77. The zero-order valence-electron chi connectivity index (χ0n) is 19.4. The standard InChI is InChI=1S/C25H44O6/c1-2-3-4-5-6-7-11-14-25(27,15-17-31-24-12-9-8-10-13-24)23-30-22-21-29-20-19-28-18-16-26/h8-10,12-13,26-27H,2-7,11,14-23H2,1H3. The first kappa shape index (κ1) is 27.9. The molecule has 0 saturated carbocycles. The highest BCUT2D eigenvalue weighted by molar-refractivity contribution is 5.20. The molecule has 31 heavy (non-hydrogen) atoms. The van der Waals surface area contributed by atoms with Gasteiger partial charge >= 0.3 is 0 Å². The molecular weight excluding hydrogens is 396 g/mol. The lowest BCUT2D eigenvalue weighted by atomic mass is 9.93. The Balaban J connectivity index is 2.27. The third-order valence-corrected chi connectivity index (χ3v) is 5.18. The molecule has 0 saturated heterocycles. The Morgan fingerprint density at radius 3 is 2.00 bits per heavy atom. The van der Waals surface area contributed by atoms with Crippen molar-refractivity contribution in [2.75, 3.05) is 52.9 Å². The molecule has 1 atom stereocenters. The molecule has 2 N–H and O–H groups in total. The molecule has 1 rings (SSSR count). The molecule has 180 valence electrons. The maximum Gasteiger partial charge on any atom is 0.119 e. The summed E-state index contributed by atoms with van der Waals surface area (Å²) < 4.78 is 22.1. The Morgan fingerprint density at radius 1 is 0.710 bits per heavy atom. The Labute approximate surface area is 188 Å². The van der Waals surface area contributed by atoms with E-state index in [0.717, 1.165) is 25.0 Å². The van der Waals surface area contributed by atoms with Crippen molar-refractivity contribution in [2.24, 2.45) is 0 Å². The van der Waals surface area contributed by atoms with Gasteiger partial charge in [0.2, 0.25) is 0 Å². The highest BCUT2D eigenvalue weighted by atomic mass is 16.5. The van der Waals surface area contributed by atoms with E-state index in [1.165, 1.54) is 32.1 Å². The lowest BCUT2D eigenvalue weighted by Gasteiger charge is -2.28. The second kappa shape index (κ2) is 19.5.